The Kier molecular flexibility index (Phi) is 3.21. The van der Waals surface area contributed by atoms with Gasteiger partial charge in [-0.15, -0.1) is 0 Å². The molecule has 5 heteroatoms. The Balaban J connectivity index is 2.16. The highest BCUT2D eigenvalue weighted by molar-refractivity contribution is 6.30. The fourth-order valence-electron chi connectivity index (χ4n) is 1.46. The molecular formula is C10H11ClFNO2. The van der Waals surface area contributed by atoms with E-state index in [0.717, 1.165) is 0 Å². The van der Waals surface area contributed by atoms with Crippen LogP contribution in [0.25, 0.3) is 0 Å². The van der Waals surface area contributed by atoms with Crippen molar-refractivity contribution in [3.8, 4) is 0 Å². The van der Waals surface area contributed by atoms with Gasteiger partial charge in [0.2, 0.25) is 0 Å². The predicted octanol–water partition coefficient (Wildman–Crippen LogP) is 1.85. The highest BCUT2D eigenvalue weighted by atomic mass is 35.5. The monoisotopic (exact) mass is 231 g/mol. The van der Waals surface area contributed by atoms with E-state index in [1.807, 2.05) is 0 Å². The van der Waals surface area contributed by atoms with E-state index in [-0.39, 0.29) is 6.10 Å². The highest BCUT2D eigenvalue weighted by Gasteiger charge is 2.26. The summed E-state index contributed by atoms with van der Waals surface area (Å²) in [7, 11) is 0. The molecule has 0 amide bonds. The summed E-state index contributed by atoms with van der Waals surface area (Å²) in [6, 6.07) is 4.20. The average Bonchev–Trinajstić information content (AvgIpc) is 2.64. The molecule has 0 saturated carbocycles. The molecular weight excluding hydrogens is 221 g/mol. The molecule has 0 spiro atoms. The Morgan fingerprint density at radius 2 is 2.27 bits per heavy atom. The summed E-state index contributed by atoms with van der Waals surface area (Å²) in [5, 5.41) is 0.327. The maximum atomic E-state index is 13.0. The molecule has 1 aromatic carbocycles. The Labute approximate surface area is 91.9 Å². The molecule has 0 aromatic heterocycles. The van der Waals surface area contributed by atoms with Gasteiger partial charge in [-0.25, -0.2) is 4.39 Å². The first kappa shape index (κ1) is 10.8. The Bertz CT molecular complexity index is 341. The maximum Gasteiger partial charge on any atom is 0.184 e. The fourth-order valence-corrected chi connectivity index (χ4v) is 1.69. The van der Waals surface area contributed by atoms with Crippen molar-refractivity contribution in [1.82, 2.24) is 0 Å². The number of hydrogen-bond donors (Lipinski definition) is 1. The van der Waals surface area contributed by atoms with Crippen LogP contribution in [-0.2, 0) is 9.47 Å². The Hall–Kier alpha value is -0.680. The van der Waals surface area contributed by atoms with Crippen LogP contribution in [0.15, 0.2) is 18.2 Å². The summed E-state index contributed by atoms with van der Waals surface area (Å²) in [4.78, 5) is 0. The molecule has 1 aliphatic heterocycles. The normalized spacial score (nSPS) is 25.8. The Morgan fingerprint density at radius 3 is 2.87 bits per heavy atom. The molecule has 2 rings (SSSR count). The number of halogens is 2. The molecule has 1 heterocycles. The first-order chi connectivity index (χ1) is 7.19. The van der Waals surface area contributed by atoms with Gasteiger partial charge in [-0.05, 0) is 18.2 Å². The second kappa shape index (κ2) is 4.45. The summed E-state index contributed by atoms with van der Waals surface area (Å²) in [6.07, 6.45) is -0.691. The molecule has 0 radical (unpaired) electrons. The summed E-state index contributed by atoms with van der Waals surface area (Å²) < 4.78 is 23.8. The quantitative estimate of drug-likeness (QED) is 0.845. The number of rotatable bonds is 2. The molecule has 1 saturated heterocycles. The van der Waals surface area contributed by atoms with Gasteiger partial charge < -0.3 is 15.2 Å². The molecule has 2 atom stereocenters. The lowest BCUT2D eigenvalue weighted by molar-refractivity contribution is -0.0587. The highest BCUT2D eigenvalue weighted by Crippen LogP contribution is 2.28. The predicted molar refractivity (Wildman–Crippen MR) is 54.0 cm³/mol. The standard InChI is InChI=1S/C10H11ClFNO2/c11-7-1-6(2-8(12)3-7)10-14-5-9(4-13)15-10/h1-3,9-10H,4-5,13H2. The molecule has 2 unspecified atom stereocenters. The van der Waals surface area contributed by atoms with Crippen molar-refractivity contribution in [2.24, 2.45) is 5.73 Å². The van der Waals surface area contributed by atoms with Gasteiger partial charge in [0.15, 0.2) is 6.29 Å². The number of hydrogen-bond acceptors (Lipinski definition) is 3. The lowest BCUT2D eigenvalue weighted by atomic mass is 10.2. The van der Waals surface area contributed by atoms with Gasteiger partial charge in [-0.2, -0.15) is 0 Å². The lowest BCUT2D eigenvalue weighted by Gasteiger charge is -2.11. The van der Waals surface area contributed by atoms with Crippen molar-refractivity contribution < 1.29 is 13.9 Å². The van der Waals surface area contributed by atoms with Gasteiger partial charge in [-0.1, -0.05) is 11.6 Å². The molecule has 82 valence electrons. The molecule has 15 heavy (non-hydrogen) atoms. The van der Waals surface area contributed by atoms with Crippen LogP contribution in [0.5, 0.6) is 0 Å². The van der Waals surface area contributed by atoms with Gasteiger partial charge in [0.05, 0.1) is 12.7 Å². The van der Waals surface area contributed by atoms with Crippen molar-refractivity contribution in [1.29, 1.82) is 0 Å². The minimum Gasteiger partial charge on any atom is -0.346 e. The van der Waals surface area contributed by atoms with Crippen LogP contribution in [0.1, 0.15) is 11.9 Å². The van der Waals surface area contributed by atoms with Crippen molar-refractivity contribution in [3.63, 3.8) is 0 Å². The van der Waals surface area contributed by atoms with Crippen LogP contribution in [0.4, 0.5) is 4.39 Å². The molecule has 3 nitrogen and oxygen atoms in total. The maximum absolute atomic E-state index is 13.0. The van der Waals surface area contributed by atoms with Crippen molar-refractivity contribution in [2.45, 2.75) is 12.4 Å². The molecule has 1 aromatic rings. The van der Waals surface area contributed by atoms with Crippen LogP contribution in [0, 0.1) is 5.82 Å². The topological polar surface area (TPSA) is 44.5 Å². The van der Waals surface area contributed by atoms with E-state index < -0.39 is 12.1 Å². The summed E-state index contributed by atoms with van der Waals surface area (Å²) in [5.74, 6) is -0.402. The first-order valence-corrected chi connectivity index (χ1v) is 5.00. The lowest BCUT2D eigenvalue weighted by Crippen LogP contribution is -2.21. The van der Waals surface area contributed by atoms with Crippen LogP contribution in [0.3, 0.4) is 0 Å². The number of benzene rings is 1. The van der Waals surface area contributed by atoms with Gasteiger partial charge >= 0.3 is 0 Å². The van der Waals surface area contributed by atoms with Crippen molar-refractivity contribution >= 4 is 11.6 Å². The molecule has 0 aliphatic carbocycles. The van der Waals surface area contributed by atoms with E-state index in [1.54, 1.807) is 6.07 Å². The average molecular weight is 232 g/mol. The first-order valence-electron chi connectivity index (χ1n) is 4.62. The van der Waals surface area contributed by atoms with Crippen LogP contribution in [-0.4, -0.2) is 19.3 Å². The SMILES string of the molecule is NCC1COC(c2cc(F)cc(Cl)c2)O1. The van der Waals surface area contributed by atoms with E-state index >= 15 is 0 Å². The van der Waals surface area contributed by atoms with Crippen LogP contribution < -0.4 is 5.73 Å². The van der Waals surface area contributed by atoms with E-state index in [4.69, 9.17) is 26.8 Å². The van der Waals surface area contributed by atoms with Crippen molar-refractivity contribution in [3.05, 3.63) is 34.6 Å². The molecule has 0 bridgehead atoms. The fraction of sp³-hybridized carbons (Fsp3) is 0.400. The van der Waals surface area contributed by atoms with E-state index in [0.29, 0.717) is 23.7 Å². The second-order valence-electron chi connectivity index (χ2n) is 3.36. The zero-order valence-electron chi connectivity index (χ0n) is 7.95. The molecule has 2 N–H and O–H groups in total. The zero-order chi connectivity index (χ0) is 10.8. The summed E-state index contributed by atoms with van der Waals surface area (Å²) >= 11 is 5.72. The molecule has 1 fully saturated rings. The second-order valence-corrected chi connectivity index (χ2v) is 3.80. The van der Waals surface area contributed by atoms with E-state index in [2.05, 4.69) is 0 Å². The van der Waals surface area contributed by atoms with Crippen LogP contribution >= 0.6 is 11.6 Å². The summed E-state index contributed by atoms with van der Waals surface area (Å²) in [5.41, 5.74) is 6.01. The Morgan fingerprint density at radius 1 is 1.47 bits per heavy atom. The van der Waals surface area contributed by atoms with Crippen LogP contribution in [0.2, 0.25) is 5.02 Å². The third-order valence-electron chi connectivity index (χ3n) is 2.17. The third kappa shape index (κ3) is 2.46. The number of nitrogens with two attached hydrogens (primary N) is 1. The minimum absolute atomic E-state index is 0.128. The zero-order valence-corrected chi connectivity index (χ0v) is 8.71. The molecule has 1 aliphatic rings. The number of ether oxygens (including phenoxy) is 2. The van der Waals surface area contributed by atoms with Gasteiger partial charge in [-0.3, -0.25) is 0 Å². The summed E-state index contributed by atoms with van der Waals surface area (Å²) in [6.45, 7) is 0.814. The smallest absolute Gasteiger partial charge is 0.184 e. The minimum atomic E-state index is -0.563. The van der Waals surface area contributed by atoms with E-state index in [9.17, 15) is 4.39 Å². The van der Waals surface area contributed by atoms with Gasteiger partial charge in [0.1, 0.15) is 5.82 Å². The van der Waals surface area contributed by atoms with Gasteiger partial charge in [0, 0.05) is 17.1 Å². The van der Waals surface area contributed by atoms with E-state index in [1.165, 1.54) is 12.1 Å². The largest absolute Gasteiger partial charge is 0.346 e. The third-order valence-corrected chi connectivity index (χ3v) is 2.39. The van der Waals surface area contributed by atoms with Crippen molar-refractivity contribution in [2.75, 3.05) is 13.2 Å². The van der Waals surface area contributed by atoms with Gasteiger partial charge in [0.25, 0.3) is 0 Å².